The summed E-state index contributed by atoms with van der Waals surface area (Å²) in [6.45, 7) is 9.10. The topological polar surface area (TPSA) is 62.3 Å². The standard InChI is InChI=1S/C21H26BrN3O2/c1-5-25(18-11-10-17(22)14-24-18)19(26)12-13-23-20(27)15-6-8-16(9-7-15)21(2,3)4/h6-11,14H,5,12-13H2,1-4H3,(H,23,27). The van der Waals surface area contributed by atoms with Gasteiger partial charge in [-0.25, -0.2) is 4.98 Å². The van der Waals surface area contributed by atoms with Crippen LogP contribution in [-0.2, 0) is 10.2 Å². The molecule has 1 N–H and O–H groups in total. The van der Waals surface area contributed by atoms with E-state index in [1.165, 1.54) is 5.56 Å². The minimum atomic E-state index is -0.173. The van der Waals surface area contributed by atoms with Crippen LogP contribution in [0.25, 0.3) is 0 Å². The fourth-order valence-corrected chi connectivity index (χ4v) is 2.87. The van der Waals surface area contributed by atoms with E-state index < -0.39 is 0 Å². The maximum Gasteiger partial charge on any atom is 0.251 e. The number of carbonyl (C=O) groups is 2. The van der Waals surface area contributed by atoms with Crippen molar-refractivity contribution in [3.8, 4) is 0 Å². The van der Waals surface area contributed by atoms with E-state index in [2.05, 4.69) is 47.0 Å². The molecular weight excluding hydrogens is 406 g/mol. The Bertz CT molecular complexity index is 781. The van der Waals surface area contributed by atoms with Crippen LogP contribution in [-0.4, -0.2) is 29.9 Å². The highest BCUT2D eigenvalue weighted by molar-refractivity contribution is 9.10. The molecule has 2 amide bonds. The maximum atomic E-state index is 12.5. The molecule has 1 aromatic heterocycles. The molecule has 0 bridgehead atoms. The van der Waals surface area contributed by atoms with Crippen molar-refractivity contribution in [3.63, 3.8) is 0 Å². The van der Waals surface area contributed by atoms with E-state index in [9.17, 15) is 9.59 Å². The van der Waals surface area contributed by atoms with E-state index in [4.69, 9.17) is 0 Å². The molecule has 1 heterocycles. The number of benzene rings is 1. The van der Waals surface area contributed by atoms with E-state index in [0.717, 1.165) is 4.47 Å². The van der Waals surface area contributed by atoms with Crippen LogP contribution in [0.4, 0.5) is 5.82 Å². The molecule has 0 atom stereocenters. The largest absolute Gasteiger partial charge is 0.352 e. The van der Waals surface area contributed by atoms with Crippen molar-refractivity contribution in [1.82, 2.24) is 10.3 Å². The summed E-state index contributed by atoms with van der Waals surface area (Å²) in [5.41, 5.74) is 1.82. The van der Waals surface area contributed by atoms with Crippen LogP contribution in [0.1, 0.15) is 50.0 Å². The third-order valence-corrected chi connectivity index (χ3v) is 4.71. The molecule has 27 heavy (non-hydrogen) atoms. The van der Waals surface area contributed by atoms with Crippen LogP contribution < -0.4 is 10.2 Å². The molecule has 0 unspecified atom stereocenters. The van der Waals surface area contributed by atoms with Gasteiger partial charge >= 0.3 is 0 Å². The zero-order valence-corrected chi connectivity index (χ0v) is 17.8. The monoisotopic (exact) mass is 431 g/mol. The van der Waals surface area contributed by atoms with Gasteiger partial charge in [0, 0.05) is 35.7 Å². The minimum Gasteiger partial charge on any atom is -0.352 e. The van der Waals surface area contributed by atoms with Crippen molar-refractivity contribution in [1.29, 1.82) is 0 Å². The molecule has 0 aliphatic rings. The second-order valence-electron chi connectivity index (χ2n) is 7.31. The van der Waals surface area contributed by atoms with Gasteiger partial charge in [0.1, 0.15) is 5.82 Å². The molecule has 0 aliphatic heterocycles. The SMILES string of the molecule is CCN(C(=O)CCNC(=O)c1ccc(C(C)(C)C)cc1)c1ccc(Br)cn1. The minimum absolute atomic E-state index is 0.0477. The number of anilines is 1. The first-order valence-electron chi connectivity index (χ1n) is 9.03. The van der Waals surface area contributed by atoms with Gasteiger partial charge in [0.25, 0.3) is 5.91 Å². The summed E-state index contributed by atoms with van der Waals surface area (Å²) < 4.78 is 0.861. The van der Waals surface area contributed by atoms with Crippen molar-refractivity contribution >= 4 is 33.6 Å². The van der Waals surface area contributed by atoms with Crippen molar-refractivity contribution in [3.05, 3.63) is 58.2 Å². The Labute approximate surface area is 169 Å². The molecule has 144 valence electrons. The zero-order valence-electron chi connectivity index (χ0n) is 16.3. The number of aromatic nitrogens is 1. The lowest BCUT2D eigenvalue weighted by Gasteiger charge is -2.20. The molecular formula is C21H26BrN3O2. The zero-order chi connectivity index (χ0) is 20.0. The van der Waals surface area contributed by atoms with E-state index in [0.29, 0.717) is 17.9 Å². The Morgan fingerprint density at radius 3 is 2.30 bits per heavy atom. The Kier molecular flexibility index (Phi) is 7.13. The van der Waals surface area contributed by atoms with E-state index in [1.807, 2.05) is 37.3 Å². The molecule has 0 saturated heterocycles. The summed E-state index contributed by atoms with van der Waals surface area (Å²) in [4.78, 5) is 30.6. The summed E-state index contributed by atoms with van der Waals surface area (Å²) in [6, 6.07) is 11.2. The van der Waals surface area contributed by atoms with Gasteiger partial charge in [-0.15, -0.1) is 0 Å². The second kappa shape index (κ2) is 9.13. The van der Waals surface area contributed by atoms with Crippen molar-refractivity contribution in [2.24, 2.45) is 0 Å². The maximum absolute atomic E-state index is 12.5. The highest BCUT2D eigenvalue weighted by Crippen LogP contribution is 2.22. The number of amides is 2. The molecule has 0 radical (unpaired) electrons. The van der Waals surface area contributed by atoms with Gasteiger partial charge in [0.05, 0.1) is 0 Å². The van der Waals surface area contributed by atoms with Crippen molar-refractivity contribution in [2.75, 3.05) is 18.0 Å². The number of nitrogens with zero attached hydrogens (tertiary/aromatic N) is 2. The predicted octanol–water partition coefficient (Wildman–Crippen LogP) is 4.31. The highest BCUT2D eigenvalue weighted by atomic mass is 79.9. The predicted molar refractivity (Wildman–Crippen MR) is 112 cm³/mol. The van der Waals surface area contributed by atoms with Gasteiger partial charge in [0.2, 0.25) is 5.91 Å². The summed E-state index contributed by atoms with van der Waals surface area (Å²) in [5.74, 6) is 0.360. The average Bonchev–Trinajstić information content (AvgIpc) is 2.63. The third kappa shape index (κ3) is 5.89. The molecule has 0 aliphatic carbocycles. The Hall–Kier alpha value is -2.21. The normalized spacial score (nSPS) is 11.1. The smallest absolute Gasteiger partial charge is 0.251 e. The molecule has 2 rings (SSSR count). The fourth-order valence-electron chi connectivity index (χ4n) is 2.64. The number of carbonyl (C=O) groups excluding carboxylic acids is 2. The molecule has 0 saturated carbocycles. The highest BCUT2D eigenvalue weighted by Gasteiger charge is 2.16. The van der Waals surface area contributed by atoms with Crippen LogP contribution in [0.3, 0.4) is 0 Å². The van der Waals surface area contributed by atoms with E-state index in [1.54, 1.807) is 17.2 Å². The number of hydrogen-bond acceptors (Lipinski definition) is 3. The first kappa shape index (κ1) is 21.1. The number of rotatable bonds is 6. The van der Waals surface area contributed by atoms with Gasteiger partial charge in [-0.3, -0.25) is 14.5 Å². The number of nitrogens with one attached hydrogen (secondary N) is 1. The van der Waals surface area contributed by atoms with Crippen LogP contribution in [0.15, 0.2) is 47.1 Å². The second-order valence-corrected chi connectivity index (χ2v) is 8.22. The lowest BCUT2D eigenvalue weighted by atomic mass is 9.87. The Balaban J connectivity index is 1.89. The number of hydrogen-bond donors (Lipinski definition) is 1. The first-order valence-corrected chi connectivity index (χ1v) is 9.82. The van der Waals surface area contributed by atoms with Gasteiger partial charge in [0.15, 0.2) is 0 Å². The quantitative estimate of drug-likeness (QED) is 0.740. The molecule has 5 nitrogen and oxygen atoms in total. The number of pyridine rings is 1. The van der Waals surface area contributed by atoms with E-state index >= 15 is 0 Å². The Morgan fingerprint density at radius 1 is 1.11 bits per heavy atom. The number of halogens is 1. The van der Waals surface area contributed by atoms with Crippen LogP contribution in [0, 0.1) is 0 Å². The van der Waals surface area contributed by atoms with Crippen LogP contribution >= 0.6 is 15.9 Å². The van der Waals surface area contributed by atoms with Crippen molar-refractivity contribution in [2.45, 2.75) is 39.5 Å². The third-order valence-electron chi connectivity index (χ3n) is 4.24. The van der Waals surface area contributed by atoms with Gasteiger partial charge in [-0.05, 0) is 58.1 Å². The first-order chi connectivity index (χ1) is 12.7. The van der Waals surface area contributed by atoms with Crippen molar-refractivity contribution < 1.29 is 9.59 Å². The van der Waals surface area contributed by atoms with E-state index in [-0.39, 0.29) is 30.2 Å². The van der Waals surface area contributed by atoms with Gasteiger partial charge in [-0.2, -0.15) is 0 Å². The fraction of sp³-hybridized carbons (Fsp3) is 0.381. The lowest BCUT2D eigenvalue weighted by molar-refractivity contribution is -0.118. The summed E-state index contributed by atoms with van der Waals surface area (Å²) >= 11 is 3.34. The molecule has 1 aromatic carbocycles. The lowest BCUT2D eigenvalue weighted by Crippen LogP contribution is -2.35. The van der Waals surface area contributed by atoms with Crippen LogP contribution in [0.2, 0.25) is 0 Å². The Morgan fingerprint density at radius 2 is 1.78 bits per heavy atom. The van der Waals surface area contributed by atoms with Crippen LogP contribution in [0.5, 0.6) is 0 Å². The molecule has 0 spiro atoms. The van der Waals surface area contributed by atoms with Gasteiger partial charge in [-0.1, -0.05) is 32.9 Å². The molecule has 2 aromatic rings. The molecule has 6 heteroatoms. The molecule has 0 fully saturated rings. The summed E-state index contributed by atoms with van der Waals surface area (Å²) in [7, 11) is 0. The summed E-state index contributed by atoms with van der Waals surface area (Å²) in [6.07, 6.45) is 1.88. The van der Waals surface area contributed by atoms with Gasteiger partial charge < -0.3 is 5.32 Å². The average molecular weight is 432 g/mol. The summed E-state index contributed by atoms with van der Waals surface area (Å²) in [5, 5.41) is 2.81.